The van der Waals surface area contributed by atoms with Crippen molar-refractivity contribution in [1.29, 1.82) is 0 Å². The monoisotopic (exact) mass is 393 g/mol. The number of hydrogen-bond donors (Lipinski definition) is 2. The Morgan fingerprint density at radius 3 is 2.52 bits per heavy atom. The van der Waals surface area contributed by atoms with E-state index in [9.17, 15) is 14.4 Å². The van der Waals surface area contributed by atoms with Crippen LogP contribution in [0.15, 0.2) is 58.1 Å². The first-order valence-electron chi connectivity index (χ1n) is 9.89. The van der Waals surface area contributed by atoms with E-state index in [0.717, 1.165) is 25.7 Å². The molecule has 0 atom stereocenters. The van der Waals surface area contributed by atoms with Gasteiger partial charge in [0.25, 0.3) is 11.1 Å². The highest BCUT2D eigenvalue weighted by atomic mass is 16.5. The molecule has 0 aliphatic heterocycles. The SMILES string of the molecule is O=C(CCn1[nH]c(=O)c2ccccc2c1=O)Nc1ccccc1OC1CCCC1. The second kappa shape index (κ2) is 8.34. The van der Waals surface area contributed by atoms with Gasteiger partial charge in [0.1, 0.15) is 5.75 Å². The molecule has 1 amide bonds. The summed E-state index contributed by atoms with van der Waals surface area (Å²) in [7, 11) is 0. The number of fused-ring (bicyclic) bond motifs is 1. The van der Waals surface area contributed by atoms with E-state index in [-0.39, 0.29) is 36.1 Å². The van der Waals surface area contributed by atoms with Crippen LogP contribution in [0.25, 0.3) is 10.8 Å². The van der Waals surface area contributed by atoms with Crippen LogP contribution in [0.3, 0.4) is 0 Å². The molecule has 0 radical (unpaired) electrons. The van der Waals surface area contributed by atoms with Crippen molar-refractivity contribution in [2.75, 3.05) is 5.32 Å². The number of H-pyrrole nitrogens is 1. The highest BCUT2D eigenvalue weighted by molar-refractivity contribution is 5.92. The van der Waals surface area contributed by atoms with Crippen molar-refractivity contribution in [3.63, 3.8) is 0 Å². The summed E-state index contributed by atoms with van der Waals surface area (Å²) in [6.07, 6.45) is 4.62. The number of carbonyl (C=O) groups excluding carboxylic acids is 1. The Kier molecular flexibility index (Phi) is 5.46. The molecule has 29 heavy (non-hydrogen) atoms. The largest absolute Gasteiger partial charge is 0.488 e. The molecule has 7 heteroatoms. The zero-order chi connectivity index (χ0) is 20.2. The number of nitrogens with one attached hydrogen (secondary N) is 2. The number of aryl methyl sites for hydroxylation is 1. The summed E-state index contributed by atoms with van der Waals surface area (Å²) in [5.41, 5.74) is -0.0577. The number of para-hydroxylation sites is 2. The number of carbonyl (C=O) groups is 1. The van der Waals surface area contributed by atoms with E-state index in [1.807, 2.05) is 18.2 Å². The van der Waals surface area contributed by atoms with Gasteiger partial charge in [-0.3, -0.25) is 19.5 Å². The van der Waals surface area contributed by atoms with Crippen molar-refractivity contribution in [2.24, 2.45) is 0 Å². The van der Waals surface area contributed by atoms with Crippen molar-refractivity contribution in [1.82, 2.24) is 9.78 Å². The van der Waals surface area contributed by atoms with Crippen LogP contribution in [0.4, 0.5) is 5.69 Å². The Hall–Kier alpha value is -3.35. The topological polar surface area (TPSA) is 93.2 Å². The first-order valence-corrected chi connectivity index (χ1v) is 9.89. The standard InChI is InChI=1S/C22H23N3O4/c26-20(23-18-11-5-6-12-19(18)29-15-7-1-2-8-15)13-14-25-22(28)17-10-4-3-9-16(17)21(27)24-25/h3-6,9-12,15H,1-2,7-8,13-14H2,(H,23,26)(H,24,27). The zero-order valence-electron chi connectivity index (χ0n) is 16.0. The molecule has 7 nitrogen and oxygen atoms in total. The number of nitrogens with zero attached hydrogens (tertiary/aromatic N) is 1. The molecule has 1 fully saturated rings. The predicted octanol–water partition coefficient (Wildman–Crippen LogP) is 3.04. The van der Waals surface area contributed by atoms with Crippen LogP contribution in [0.1, 0.15) is 32.1 Å². The van der Waals surface area contributed by atoms with E-state index in [1.165, 1.54) is 4.68 Å². The van der Waals surface area contributed by atoms with Gasteiger partial charge in [0.05, 0.1) is 29.1 Å². The van der Waals surface area contributed by atoms with E-state index in [1.54, 1.807) is 30.3 Å². The fourth-order valence-electron chi connectivity index (χ4n) is 3.69. The maximum absolute atomic E-state index is 12.5. The van der Waals surface area contributed by atoms with Gasteiger partial charge in [-0.05, 0) is 49.9 Å². The third kappa shape index (κ3) is 4.23. The number of benzene rings is 2. The van der Waals surface area contributed by atoms with Gasteiger partial charge >= 0.3 is 0 Å². The lowest BCUT2D eigenvalue weighted by Crippen LogP contribution is -2.31. The van der Waals surface area contributed by atoms with Crippen molar-refractivity contribution in [3.05, 3.63) is 69.2 Å². The number of ether oxygens (including phenoxy) is 1. The van der Waals surface area contributed by atoms with E-state index in [2.05, 4.69) is 10.4 Å². The molecular formula is C22H23N3O4. The first kappa shape index (κ1) is 19.0. The molecule has 1 saturated carbocycles. The van der Waals surface area contributed by atoms with E-state index < -0.39 is 0 Å². The number of rotatable bonds is 6. The lowest BCUT2D eigenvalue weighted by atomic mass is 10.2. The highest BCUT2D eigenvalue weighted by Crippen LogP contribution is 2.29. The molecule has 2 aromatic carbocycles. The van der Waals surface area contributed by atoms with Gasteiger partial charge in [-0.1, -0.05) is 24.3 Å². The lowest BCUT2D eigenvalue weighted by molar-refractivity contribution is -0.116. The molecule has 0 saturated heterocycles. The van der Waals surface area contributed by atoms with E-state index >= 15 is 0 Å². The minimum atomic E-state index is -0.351. The number of amides is 1. The second-order valence-corrected chi connectivity index (χ2v) is 7.26. The third-order valence-corrected chi connectivity index (χ3v) is 5.20. The summed E-state index contributed by atoms with van der Waals surface area (Å²) < 4.78 is 7.22. The van der Waals surface area contributed by atoms with Crippen molar-refractivity contribution < 1.29 is 9.53 Å². The van der Waals surface area contributed by atoms with E-state index in [0.29, 0.717) is 22.2 Å². The highest BCUT2D eigenvalue weighted by Gasteiger charge is 2.18. The summed E-state index contributed by atoms with van der Waals surface area (Å²) in [6, 6.07) is 14.0. The maximum Gasteiger partial charge on any atom is 0.273 e. The van der Waals surface area contributed by atoms with Gasteiger partial charge in [-0.15, -0.1) is 0 Å². The van der Waals surface area contributed by atoms with Crippen LogP contribution in [-0.4, -0.2) is 21.8 Å². The van der Waals surface area contributed by atoms with Crippen molar-refractivity contribution in [3.8, 4) is 5.75 Å². The summed E-state index contributed by atoms with van der Waals surface area (Å²) in [5, 5.41) is 6.08. The van der Waals surface area contributed by atoms with Gasteiger partial charge in [0.2, 0.25) is 5.91 Å². The Morgan fingerprint density at radius 2 is 1.72 bits per heavy atom. The van der Waals surface area contributed by atoms with Crippen molar-refractivity contribution in [2.45, 2.75) is 44.8 Å². The molecule has 1 aliphatic rings. The summed E-state index contributed by atoms with van der Waals surface area (Å²) in [5.74, 6) is 0.400. The number of anilines is 1. The third-order valence-electron chi connectivity index (χ3n) is 5.20. The maximum atomic E-state index is 12.5. The van der Waals surface area contributed by atoms with Crippen LogP contribution in [0.2, 0.25) is 0 Å². The second-order valence-electron chi connectivity index (χ2n) is 7.26. The minimum Gasteiger partial charge on any atom is -0.488 e. The molecular weight excluding hydrogens is 370 g/mol. The summed E-state index contributed by atoms with van der Waals surface area (Å²) in [4.78, 5) is 37.2. The van der Waals surface area contributed by atoms with Crippen LogP contribution < -0.4 is 21.2 Å². The molecule has 4 rings (SSSR count). The molecule has 3 aromatic rings. The fraction of sp³-hybridized carbons (Fsp3) is 0.318. The molecule has 150 valence electrons. The van der Waals surface area contributed by atoms with Gasteiger partial charge < -0.3 is 10.1 Å². The van der Waals surface area contributed by atoms with Gasteiger partial charge in [-0.2, -0.15) is 0 Å². The number of hydrogen-bond acceptors (Lipinski definition) is 4. The summed E-state index contributed by atoms with van der Waals surface area (Å²) in [6.45, 7) is 0.0798. The lowest BCUT2D eigenvalue weighted by Gasteiger charge is -2.17. The molecule has 0 spiro atoms. The molecule has 2 N–H and O–H groups in total. The van der Waals surface area contributed by atoms with Gasteiger partial charge in [-0.25, -0.2) is 4.68 Å². The quantitative estimate of drug-likeness (QED) is 0.673. The Morgan fingerprint density at radius 1 is 1.03 bits per heavy atom. The average molecular weight is 393 g/mol. The Balaban J connectivity index is 1.45. The smallest absolute Gasteiger partial charge is 0.273 e. The molecule has 0 bridgehead atoms. The van der Waals surface area contributed by atoms with Crippen LogP contribution >= 0.6 is 0 Å². The fourth-order valence-corrected chi connectivity index (χ4v) is 3.69. The van der Waals surface area contributed by atoms with Crippen LogP contribution in [0.5, 0.6) is 5.75 Å². The zero-order valence-corrected chi connectivity index (χ0v) is 16.0. The minimum absolute atomic E-state index is 0.0476. The molecule has 1 aliphatic carbocycles. The normalized spacial score (nSPS) is 14.2. The van der Waals surface area contributed by atoms with Gasteiger partial charge in [0.15, 0.2) is 0 Å². The van der Waals surface area contributed by atoms with Crippen LogP contribution in [0, 0.1) is 0 Å². The molecule has 1 heterocycles. The number of aromatic nitrogens is 2. The van der Waals surface area contributed by atoms with Crippen molar-refractivity contribution >= 4 is 22.4 Å². The Labute approximate surface area is 167 Å². The molecule has 0 unspecified atom stereocenters. The van der Waals surface area contributed by atoms with E-state index in [4.69, 9.17) is 4.74 Å². The van der Waals surface area contributed by atoms with Crippen LogP contribution in [-0.2, 0) is 11.3 Å². The molecule has 1 aromatic heterocycles. The number of aromatic amines is 1. The average Bonchev–Trinajstić information content (AvgIpc) is 3.24. The Bertz CT molecular complexity index is 1140. The summed E-state index contributed by atoms with van der Waals surface area (Å²) >= 11 is 0. The predicted molar refractivity (Wildman–Crippen MR) is 111 cm³/mol. The van der Waals surface area contributed by atoms with Gasteiger partial charge in [0, 0.05) is 6.42 Å². The first-order chi connectivity index (χ1) is 14.1.